The third kappa shape index (κ3) is 3.88. The maximum atomic E-state index is 11.9. The lowest BCUT2D eigenvalue weighted by molar-refractivity contribution is 0.262. The van der Waals surface area contributed by atoms with Crippen molar-refractivity contribution in [2.24, 2.45) is 0 Å². The lowest BCUT2D eigenvalue weighted by Gasteiger charge is -2.09. The molecule has 20 heavy (non-hydrogen) atoms. The molecule has 2 aromatic rings. The van der Waals surface area contributed by atoms with Gasteiger partial charge in [-0.1, -0.05) is 45.2 Å². The number of benzene rings is 2. The Labute approximate surface area is 135 Å². The van der Waals surface area contributed by atoms with Crippen LogP contribution >= 0.6 is 39.1 Å². The van der Waals surface area contributed by atoms with Gasteiger partial charge in [0.05, 0.1) is 10.0 Å². The van der Waals surface area contributed by atoms with E-state index in [2.05, 4.69) is 26.6 Å². The van der Waals surface area contributed by atoms with Crippen LogP contribution in [0.15, 0.2) is 40.9 Å². The van der Waals surface area contributed by atoms with Crippen LogP contribution in [-0.4, -0.2) is 6.03 Å². The minimum atomic E-state index is -0.348. The average molecular weight is 374 g/mol. The molecule has 2 amide bonds. The molecule has 0 aliphatic rings. The molecule has 104 valence electrons. The number of halogens is 3. The summed E-state index contributed by atoms with van der Waals surface area (Å²) in [4.78, 5) is 11.9. The third-order valence-electron chi connectivity index (χ3n) is 2.61. The number of aryl methyl sites for hydroxylation is 1. The first-order valence-corrected chi connectivity index (χ1v) is 7.30. The van der Waals surface area contributed by atoms with E-state index in [0.717, 1.165) is 10.0 Å². The van der Waals surface area contributed by atoms with Crippen molar-refractivity contribution in [1.82, 2.24) is 0 Å². The van der Waals surface area contributed by atoms with E-state index >= 15 is 0 Å². The van der Waals surface area contributed by atoms with Gasteiger partial charge in [0.1, 0.15) is 0 Å². The molecule has 0 saturated heterocycles. The van der Waals surface area contributed by atoms with Crippen LogP contribution in [0.2, 0.25) is 10.0 Å². The van der Waals surface area contributed by atoms with Gasteiger partial charge in [-0.2, -0.15) is 0 Å². The topological polar surface area (TPSA) is 41.1 Å². The van der Waals surface area contributed by atoms with Crippen LogP contribution in [0.1, 0.15) is 5.56 Å². The molecule has 0 aromatic heterocycles. The maximum absolute atomic E-state index is 11.9. The van der Waals surface area contributed by atoms with E-state index in [1.165, 1.54) is 0 Å². The Morgan fingerprint density at radius 1 is 1.00 bits per heavy atom. The molecule has 0 fully saturated rings. The molecule has 0 bridgehead atoms. The van der Waals surface area contributed by atoms with Crippen LogP contribution in [0.25, 0.3) is 0 Å². The first-order valence-electron chi connectivity index (χ1n) is 5.75. The van der Waals surface area contributed by atoms with Crippen molar-refractivity contribution >= 4 is 56.5 Å². The van der Waals surface area contributed by atoms with E-state index in [-0.39, 0.29) is 6.03 Å². The number of carbonyl (C=O) groups excluding carboxylic acids is 1. The van der Waals surface area contributed by atoms with Gasteiger partial charge < -0.3 is 10.6 Å². The number of rotatable bonds is 2. The predicted octanol–water partition coefficient (Wildman–Crippen LogP) is 5.71. The first kappa shape index (κ1) is 15.2. The highest BCUT2D eigenvalue weighted by molar-refractivity contribution is 9.10. The second kappa shape index (κ2) is 6.48. The van der Waals surface area contributed by atoms with Crippen molar-refractivity contribution in [2.75, 3.05) is 10.6 Å². The Bertz CT molecular complexity index is 606. The van der Waals surface area contributed by atoms with Gasteiger partial charge in [-0.15, -0.1) is 0 Å². The zero-order valence-electron chi connectivity index (χ0n) is 10.5. The van der Waals surface area contributed by atoms with Gasteiger partial charge in [0.15, 0.2) is 0 Å². The molecule has 0 aliphatic carbocycles. The van der Waals surface area contributed by atoms with Crippen LogP contribution in [0.4, 0.5) is 16.2 Å². The summed E-state index contributed by atoms with van der Waals surface area (Å²) in [5.74, 6) is 0. The highest BCUT2D eigenvalue weighted by Crippen LogP contribution is 2.25. The Morgan fingerprint density at radius 2 is 1.60 bits per heavy atom. The predicted molar refractivity (Wildman–Crippen MR) is 88.0 cm³/mol. The van der Waals surface area contributed by atoms with Crippen molar-refractivity contribution in [3.05, 3.63) is 56.5 Å². The number of carbonyl (C=O) groups is 1. The zero-order valence-corrected chi connectivity index (χ0v) is 13.6. The monoisotopic (exact) mass is 372 g/mol. The fourth-order valence-electron chi connectivity index (χ4n) is 1.54. The van der Waals surface area contributed by atoms with E-state index in [0.29, 0.717) is 21.4 Å². The number of urea groups is 1. The van der Waals surface area contributed by atoms with E-state index in [9.17, 15) is 4.79 Å². The highest BCUT2D eigenvalue weighted by Gasteiger charge is 2.05. The normalized spacial score (nSPS) is 10.2. The molecular formula is C14H11BrCl2N2O. The second-order valence-electron chi connectivity index (χ2n) is 4.17. The zero-order chi connectivity index (χ0) is 14.7. The molecular weight excluding hydrogens is 363 g/mol. The largest absolute Gasteiger partial charge is 0.323 e. The number of anilines is 2. The molecule has 2 N–H and O–H groups in total. The standard InChI is InChI=1S/C14H11BrCl2N2O/c1-8-2-3-9(6-11(8)15)18-14(20)19-10-4-5-12(16)13(17)7-10/h2-7H,1H3,(H2,18,19,20). The first-order chi connectivity index (χ1) is 9.45. The van der Waals surface area contributed by atoms with Crippen molar-refractivity contribution in [2.45, 2.75) is 6.92 Å². The summed E-state index contributed by atoms with van der Waals surface area (Å²) in [6.45, 7) is 1.98. The van der Waals surface area contributed by atoms with Gasteiger partial charge in [0, 0.05) is 15.8 Å². The lowest BCUT2D eigenvalue weighted by atomic mass is 10.2. The van der Waals surface area contributed by atoms with Crippen LogP contribution in [0, 0.1) is 6.92 Å². The molecule has 0 radical (unpaired) electrons. The van der Waals surface area contributed by atoms with E-state index < -0.39 is 0 Å². The molecule has 0 saturated carbocycles. The van der Waals surface area contributed by atoms with Gasteiger partial charge in [-0.3, -0.25) is 0 Å². The van der Waals surface area contributed by atoms with Gasteiger partial charge in [0.25, 0.3) is 0 Å². The fourth-order valence-corrected chi connectivity index (χ4v) is 2.21. The summed E-state index contributed by atoms with van der Waals surface area (Å²) in [7, 11) is 0. The molecule has 0 spiro atoms. The van der Waals surface area contributed by atoms with Crippen molar-refractivity contribution < 1.29 is 4.79 Å². The van der Waals surface area contributed by atoms with Gasteiger partial charge >= 0.3 is 6.03 Å². The Morgan fingerprint density at radius 3 is 2.20 bits per heavy atom. The minimum absolute atomic E-state index is 0.348. The molecule has 0 unspecified atom stereocenters. The summed E-state index contributed by atoms with van der Waals surface area (Å²) in [5.41, 5.74) is 2.36. The SMILES string of the molecule is Cc1ccc(NC(=O)Nc2ccc(Cl)c(Cl)c2)cc1Br. The summed E-state index contributed by atoms with van der Waals surface area (Å²) >= 11 is 15.1. The van der Waals surface area contributed by atoms with Crippen molar-refractivity contribution in [1.29, 1.82) is 0 Å². The highest BCUT2D eigenvalue weighted by atomic mass is 79.9. The van der Waals surface area contributed by atoms with E-state index in [1.54, 1.807) is 18.2 Å². The third-order valence-corrected chi connectivity index (χ3v) is 4.20. The maximum Gasteiger partial charge on any atom is 0.323 e. The van der Waals surface area contributed by atoms with Crippen molar-refractivity contribution in [3.63, 3.8) is 0 Å². The quantitative estimate of drug-likeness (QED) is 0.695. The van der Waals surface area contributed by atoms with Gasteiger partial charge in [-0.05, 0) is 42.8 Å². The van der Waals surface area contributed by atoms with Crippen LogP contribution in [0.5, 0.6) is 0 Å². The lowest BCUT2D eigenvalue weighted by Crippen LogP contribution is -2.19. The number of amides is 2. The number of hydrogen-bond donors (Lipinski definition) is 2. The summed E-state index contributed by atoms with van der Waals surface area (Å²) < 4.78 is 0.935. The number of hydrogen-bond acceptors (Lipinski definition) is 1. The van der Waals surface area contributed by atoms with E-state index in [4.69, 9.17) is 23.2 Å². The summed E-state index contributed by atoms with van der Waals surface area (Å²) in [5, 5.41) is 6.26. The Balaban J connectivity index is 2.04. The van der Waals surface area contributed by atoms with Crippen LogP contribution in [0.3, 0.4) is 0 Å². The molecule has 2 rings (SSSR count). The molecule has 0 heterocycles. The summed E-state index contributed by atoms with van der Waals surface area (Å²) in [6, 6.07) is 10.1. The van der Waals surface area contributed by atoms with E-state index in [1.807, 2.05) is 25.1 Å². The molecule has 6 heteroatoms. The van der Waals surface area contributed by atoms with Crippen LogP contribution in [-0.2, 0) is 0 Å². The fraction of sp³-hybridized carbons (Fsp3) is 0.0714. The van der Waals surface area contributed by atoms with Gasteiger partial charge in [-0.25, -0.2) is 4.79 Å². The second-order valence-corrected chi connectivity index (χ2v) is 5.84. The Kier molecular flexibility index (Phi) is 4.91. The Hall–Kier alpha value is -1.23. The van der Waals surface area contributed by atoms with Gasteiger partial charge in [0.2, 0.25) is 0 Å². The smallest absolute Gasteiger partial charge is 0.308 e. The van der Waals surface area contributed by atoms with Crippen molar-refractivity contribution in [3.8, 4) is 0 Å². The number of nitrogens with one attached hydrogen (secondary N) is 2. The minimum Gasteiger partial charge on any atom is -0.308 e. The molecule has 2 aromatic carbocycles. The average Bonchev–Trinajstić information content (AvgIpc) is 2.38. The molecule has 0 aliphatic heterocycles. The summed E-state index contributed by atoms with van der Waals surface area (Å²) in [6.07, 6.45) is 0. The van der Waals surface area contributed by atoms with Crippen LogP contribution < -0.4 is 10.6 Å². The molecule has 0 atom stereocenters. The molecule has 3 nitrogen and oxygen atoms in total.